The van der Waals surface area contributed by atoms with Crippen LogP contribution in [-0.4, -0.2) is 19.7 Å². The van der Waals surface area contributed by atoms with Crippen molar-refractivity contribution in [2.24, 2.45) is 0 Å². The zero-order valence-electron chi connectivity index (χ0n) is 9.71. The molecule has 0 saturated heterocycles. The van der Waals surface area contributed by atoms with Crippen LogP contribution in [0.4, 0.5) is 0 Å². The molecular weight excluding hydrogens is 234 g/mol. The molecule has 0 N–H and O–H groups in total. The molecule has 88 valence electrons. The molecule has 0 amide bonds. The number of aromatic nitrogens is 1. The molecule has 1 heterocycles. The van der Waals surface area contributed by atoms with Crippen LogP contribution in [0.5, 0.6) is 0 Å². The lowest BCUT2D eigenvalue weighted by Gasteiger charge is -2.04. The van der Waals surface area contributed by atoms with Crippen molar-refractivity contribution < 1.29 is 8.42 Å². The lowest BCUT2D eigenvalue weighted by atomic mass is 10.1. The summed E-state index contributed by atoms with van der Waals surface area (Å²) in [5, 5.41) is 0. The zero-order chi connectivity index (χ0) is 12.5. The lowest BCUT2D eigenvalue weighted by molar-refractivity contribution is 0.602. The molecule has 0 radical (unpaired) electrons. The lowest BCUT2D eigenvalue weighted by Crippen LogP contribution is -1.97. The third kappa shape index (κ3) is 2.71. The molecule has 4 heteroatoms. The molecule has 17 heavy (non-hydrogen) atoms. The van der Waals surface area contributed by atoms with Crippen molar-refractivity contribution in [3.05, 3.63) is 48.2 Å². The van der Waals surface area contributed by atoms with Crippen molar-refractivity contribution in [2.45, 2.75) is 11.8 Å². The van der Waals surface area contributed by atoms with Gasteiger partial charge in [0, 0.05) is 17.5 Å². The Bertz CT molecular complexity index is 648. The predicted octanol–water partition coefficient (Wildman–Crippen LogP) is 2.46. The van der Waals surface area contributed by atoms with Gasteiger partial charge in [-0.05, 0) is 31.2 Å². The molecule has 3 nitrogen and oxygen atoms in total. The Morgan fingerprint density at radius 1 is 1.06 bits per heavy atom. The fourth-order valence-corrected chi connectivity index (χ4v) is 2.26. The Balaban J connectivity index is 2.54. The molecule has 0 spiro atoms. The molecule has 0 atom stereocenters. The fourth-order valence-electron chi connectivity index (χ4n) is 1.59. The summed E-state index contributed by atoms with van der Waals surface area (Å²) in [6.07, 6.45) is 1.20. The van der Waals surface area contributed by atoms with E-state index in [1.807, 2.05) is 31.2 Å². The van der Waals surface area contributed by atoms with Gasteiger partial charge < -0.3 is 0 Å². The SMILES string of the molecule is Cc1cccc(-c2cccc(S(C)(=O)=O)c2)n1. The molecule has 0 aliphatic carbocycles. The smallest absolute Gasteiger partial charge is 0.175 e. The molecule has 0 aliphatic rings. The van der Waals surface area contributed by atoms with Gasteiger partial charge in [-0.25, -0.2) is 8.42 Å². The molecule has 0 bridgehead atoms. The number of hydrogen-bond acceptors (Lipinski definition) is 3. The minimum absolute atomic E-state index is 0.318. The van der Waals surface area contributed by atoms with E-state index in [-0.39, 0.29) is 0 Å². The average Bonchev–Trinajstić information content (AvgIpc) is 2.28. The molecular formula is C13H13NO2S. The van der Waals surface area contributed by atoms with Crippen LogP contribution in [0.25, 0.3) is 11.3 Å². The maximum atomic E-state index is 11.5. The number of rotatable bonds is 2. The first-order valence-electron chi connectivity index (χ1n) is 5.21. The van der Waals surface area contributed by atoms with Gasteiger partial charge in [0.15, 0.2) is 9.84 Å². The second kappa shape index (κ2) is 4.30. The van der Waals surface area contributed by atoms with Gasteiger partial charge in [0.1, 0.15) is 0 Å². The highest BCUT2D eigenvalue weighted by molar-refractivity contribution is 7.90. The molecule has 2 aromatic rings. The maximum absolute atomic E-state index is 11.5. The number of aryl methyl sites for hydroxylation is 1. The molecule has 1 aromatic carbocycles. The van der Waals surface area contributed by atoms with Crippen LogP contribution < -0.4 is 0 Å². The Morgan fingerprint density at radius 3 is 2.41 bits per heavy atom. The number of sulfone groups is 1. The van der Waals surface area contributed by atoms with Crippen LogP contribution >= 0.6 is 0 Å². The Hall–Kier alpha value is -1.68. The maximum Gasteiger partial charge on any atom is 0.175 e. The Morgan fingerprint density at radius 2 is 1.76 bits per heavy atom. The van der Waals surface area contributed by atoms with Crippen molar-refractivity contribution >= 4 is 9.84 Å². The van der Waals surface area contributed by atoms with Crippen LogP contribution in [-0.2, 0) is 9.84 Å². The normalized spacial score (nSPS) is 11.4. The van der Waals surface area contributed by atoms with Crippen molar-refractivity contribution in [1.29, 1.82) is 0 Å². The molecule has 0 fully saturated rings. The Labute approximate surface area is 101 Å². The van der Waals surface area contributed by atoms with Crippen molar-refractivity contribution in [2.75, 3.05) is 6.26 Å². The van der Waals surface area contributed by atoms with Gasteiger partial charge in [-0.15, -0.1) is 0 Å². The van der Waals surface area contributed by atoms with Crippen molar-refractivity contribution in [3.8, 4) is 11.3 Å². The average molecular weight is 247 g/mol. The first-order chi connectivity index (χ1) is 7.97. The summed E-state index contributed by atoms with van der Waals surface area (Å²) in [5.74, 6) is 0. The summed E-state index contributed by atoms with van der Waals surface area (Å²) in [7, 11) is -3.17. The topological polar surface area (TPSA) is 47.0 Å². The van der Waals surface area contributed by atoms with E-state index >= 15 is 0 Å². The van der Waals surface area contributed by atoms with Gasteiger partial charge in [0.25, 0.3) is 0 Å². The van der Waals surface area contributed by atoms with E-state index in [1.165, 1.54) is 6.26 Å². The van der Waals surface area contributed by atoms with Gasteiger partial charge in [0.2, 0.25) is 0 Å². The zero-order valence-corrected chi connectivity index (χ0v) is 10.5. The number of hydrogen-bond donors (Lipinski definition) is 0. The highest BCUT2D eigenvalue weighted by Crippen LogP contribution is 2.20. The highest BCUT2D eigenvalue weighted by Gasteiger charge is 2.08. The summed E-state index contributed by atoms with van der Waals surface area (Å²) in [6, 6.07) is 12.5. The molecule has 0 saturated carbocycles. The van der Waals surface area contributed by atoms with Gasteiger partial charge in [-0.3, -0.25) is 4.98 Å². The third-order valence-corrected chi connectivity index (χ3v) is 3.56. The second-order valence-electron chi connectivity index (χ2n) is 3.96. The van der Waals surface area contributed by atoms with E-state index in [1.54, 1.807) is 18.2 Å². The van der Waals surface area contributed by atoms with Gasteiger partial charge in [-0.1, -0.05) is 18.2 Å². The Kier molecular flexibility index (Phi) is 2.98. The van der Waals surface area contributed by atoms with E-state index in [2.05, 4.69) is 4.98 Å². The van der Waals surface area contributed by atoms with Crippen LogP contribution in [0.1, 0.15) is 5.69 Å². The fraction of sp³-hybridized carbons (Fsp3) is 0.154. The molecule has 2 rings (SSSR count). The van der Waals surface area contributed by atoms with Crippen molar-refractivity contribution in [1.82, 2.24) is 4.98 Å². The number of pyridine rings is 1. The first kappa shape index (κ1) is 11.8. The van der Waals surface area contributed by atoms with E-state index in [4.69, 9.17) is 0 Å². The van der Waals surface area contributed by atoms with Crippen molar-refractivity contribution in [3.63, 3.8) is 0 Å². The van der Waals surface area contributed by atoms with E-state index in [0.717, 1.165) is 17.0 Å². The van der Waals surface area contributed by atoms with E-state index in [0.29, 0.717) is 4.90 Å². The van der Waals surface area contributed by atoms with Gasteiger partial charge in [-0.2, -0.15) is 0 Å². The summed E-state index contributed by atoms with van der Waals surface area (Å²) in [6.45, 7) is 1.91. The summed E-state index contributed by atoms with van der Waals surface area (Å²) >= 11 is 0. The largest absolute Gasteiger partial charge is 0.253 e. The van der Waals surface area contributed by atoms with Gasteiger partial charge in [0.05, 0.1) is 10.6 Å². The second-order valence-corrected chi connectivity index (χ2v) is 5.98. The molecule has 0 unspecified atom stereocenters. The monoisotopic (exact) mass is 247 g/mol. The minimum Gasteiger partial charge on any atom is -0.253 e. The van der Waals surface area contributed by atoms with Crippen LogP contribution in [0.15, 0.2) is 47.4 Å². The third-order valence-electron chi connectivity index (χ3n) is 2.45. The van der Waals surface area contributed by atoms with Gasteiger partial charge >= 0.3 is 0 Å². The van der Waals surface area contributed by atoms with Crippen LogP contribution in [0, 0.1) is 6.92 Å². The summed E-state index contributed by atoms with van der Waals surface area (Å²) < 4.78 is 22.9. The summed E-state index contributed by atoms with van der Waals surface area (Å²) in [5.41, 5.74) is 2.51. The number of benzene rings is 1. The highest BCUT2D eigenvalue weighted by atomic mass is 32.2. The van der Waals surface area contributed by atoms with E-state index < -0.39 is 9.84 Å². The minimum atomic E-state index is -3.17. The quantitative estimate of drug-likeness (QED) is 0.819. The van der Waals surface area contributed by atoms with Crippen LogP contribution in [0.3, 0.4) is 0 Å². The first-order valence-corrected chi connectivity index (χ1v) is 7.10. The summed E-state index contributed by atoms with van der Waals surface area (Å²) in [4.78, 5) is 4.69. The van der Waals surface area contributed by atoms with Crippen LogP contribution in [0.2, 0.25) is 0 Å². The predicted molar refractivity (Wildman–Crippen MR) is 67.5 cm³/mol. The standard InChI is InChI=1S/C13H13NO2S/c1-10-5-3-8-13(14-10)11-6-4-7-12(9-11)17(2,15)16/h3-9H,1-2H3. The molecule has 0 aliphatic heterocycles. The van der Waals surface area contributed by atoms with E-state index in [9.17, 15) is 8.42 Å². The number of nitrogens with zero attached hydrogens (tertiary/aromatic N) is 1. The molecule has 1 aromatic heterocycles.